The molecule has 5 heteroatoms. The monoisotopic (exact) mass is 393 g/mol. The molecule has 0 amide bonds. The minimum absolute atomic E-state index is 0.185. The minimum atomic E-state index is -0.185. The van der Waals surface area contributed by atoms with Gasteiger partial charge in [0.1, 0.15) is 0 Å². The first-order valence-electron chi connectivity index (χ1n) is 4.95. The van der Waals surface area contributed by atoms with Crippen LogP contribution in [0.4, 0.5) is 0 Å². The summed E-state index contributed by atoms with van der Waals surface area (Å²) >= 11 is 14.8. The molecule has 0 aliphatic rings. The van der Waals surface area contributed by atoms with Crippen LogP contribution in [0.25, 0.3) is 0 Å². The van der Waals surface area contributed by atoms with E-state index in [9.17, 15) is 0 Å². The summed E-state index contributed by atoms with van der Waals surface area (Å²) in [7, 11) is 0. The first kappa shape index (κ1) is 13.6. The van der Waals surface area contributed by atoms with Crippen molar-refractivity contribution in [1.29, 1.82) is 0 Å². The lowest BCUT2D eigenvalue weighted by molar-refractivity contribution is 0.892. The molecule has 0 saturated carbocycles. The third-order valence-corrected chi connectivity index (χ3v) is 5.53. The molecule has 0 aliphatic carbocycles. The zero-order valence-electron chi connectivity index (χ0n) is 9.01. The molecule has 2 N–H and O–H groups in total. The zero-order valence-corrected chi connectivity index (χ0v) is 13.8. The zero-order chi connectivity index (χ0) is 12.6. The fraction of sp³-hybridized carbons (Fsp3) is 0.167. The molecule has 17 heavy (non-hydrogen) atoms. The maximum Gasteiger partial charge on any atom is 0.0661 e. The molecule has 1 nitrogen and oxygen atoms in total. The topological polar surface area (TPSA) is 26.0 Å². The summed E-state index contributed by atoms with van der Waals surface area (Å²) in [5.74, 6) is 0. The van der Waals surface area contributed by atoms with Crippen LogP contribution in [0, 0.1) is 6.92 Å². The summed E-state index contributed by atoms with van der Waals surface area (Å²) in [5, 5.41) is 0.697. The lowest BCUT2D eigenvalue weighted by Gasteiger charge is -2.12. The van der Waals surface area contributed by atoms with Crippen LogP contribution in [0.2, 0.25) is 5.02 Å². The number of thiophene rings is 1. The average Bonchev–Trinajstić information content (AvgIpc) is 2.62. The van der Waals surface area contributed by atoms with Crippen LogP contribution >= 0.6 is 54.8 Å². The van der Waals surface area contributed by atoms with Crippen molar-refractivity contribution in [3.05, 3.63) is 53.6 Å². The molecule has 2 aromatic rings. The van der Waals surface area contributed by atoms with Crippen LogP contribution in [0.5, 0.6) is 0 Å². The van der Waals surface area contributed by atoms with E-state index in [1.807, 2.05) is 18.2 Å². The van der Waals surface area contributed by atoms with Gasteiger partial charge in [0.25, 0.3) is 0 Å². The Hall–Kier alpha value is 0.130. The van der Waals surface area contributed by atoms with E-state index in [0.717, 1.165) is 19.4 Å². The number of benzene rings is 1. The molecular formula is C12H10Br2ClNS. The highest BCUT2D eigenvalue weighted by Crippen LogP contribution is 2.35. The number of aryl methyl sites for hydroxylation is 1. The predicted octanol–water partition coefficient (Wildman–Crippen LogP) is 5.28. The summed E-state index contributed by atoms with van der Waals surface area (Å²) < 4.78 is 2.08. The van der Waals surface area contributed by atoms with Crippen molar-refractivity contribution >= 4 is 54.8 Å². The molecular weight excluding hydrogens is 385 g/mol. The fourth-order valence-electron chi connectivity index (χ4n) is 1.54. The summed E-state index contributed by atoms with van der Waals surface area (Å²) in [4.78, 5) is 2.33. The van der Waals surface area contributed by atoms with Crippen molar-refractivity contribution in [3.63, 3.8) is 0 Å². The molecule has 1 aromatic heterocycles. The van der Waals surface area contributed by atoms with E-state index in [0.29, 0.717) is 5.02 Å². The Labute approximate surface area is 126 Å². The molecule has 0 aliphatic heterocycles. The highest BCUT2D eigenvalue weighted by Gasteiger charge is 2.16. The number of hydrogen-bond donors (Lipinski definition) is 1. The van der Waals surface area contributed by atoms with Gasteiger partial charge in [0, 0.05) is 23.7 Å². The maximum absolute atomic E-state index is 6.25. The Bertz CT molecular complexity index is 534. The van der Waals surface area contributed by atoms with Gasteiger partial charge in [-0.2, -0.15) is 0 Å². The minimum Gasteiger partial charge on any atom is -0.320 e. The van der Waals surface area contributed by atoms with Gasteiger partial charge >= 0.3 is 0 Å². The number of rotatable bonds is 2. The van der Waals surface area contributed by atoms with Gasteiger partial charge in [-0.3, -0.25) is 0 Å². The van der Waals surface area contributed by atoms with E-state index in [1.54, 1.807) is 11.3 Å². The highest BCUT2D eigenvalue weighted by atomic mass is 79.9. The second-order valence-electron chi connectivity index (χ2n) is 3.70. The van der Waals surface area contributed by atoms with Gasteiger partial charge in [-0.05, 0) is 52.7 Å². The Morgan fingerprint density at radius 1 is 1.29 bits per heavy atom. The van der Waals surface area contributed by atoms with Crippen LogP contribution in [0.1, 0.15) is 21.4 Å². The van der Waals surface area contributed by atoms with Crippen LogP contribution < -0.4 is 5.73 Å². The Balaban J connectivity index is 2.42. The Morgan fingerprint density at radius 2 is 2.00 bits per heavy atom. The normalized spacial score (nSPS) is 12.8. The van der Waals surface area contributed by atoms with Gasteiger partial charge in [0.15, 0.2) is 0 Å². The summed E-state index contributed by atoms with van der Waals surface area (Å²) in [5.41, 5.74) is 7.19. The van der Waals surface area contributed by atoms with Gasteiger partial charge in [-0.15, -0.1) is 11.3 Å². The molecule has 0 bridgehead atoms. The molecule has 1 atom stereocenters. The van der Waals surface area contributed by atoms with Crippen LogP contribution in [0.3, 0.4) is 0 Å². The van der Waals surface area contributed by atoms with Gasteiger partial charge in [-0.1, -0.05) is 27.5 Å². The van der Waals surface area contributed by atoms with Crippen molar-refractivity contribution in [2.45, 2.75) is 13.0 Å². The van der Waals surface area contributed by atoms with Crippen LogP contribution in [0.15, 0.2) is 33.2 Å². The second-order valence-corrected chi connectivity index (χ2v) is 7.16. The van der Waals surface area contributed by atoms with Crippen molar-refractivity contribution in [2.24, 2.45) is 5.73 Å². The van der Waals surface area contributed by atoms with Gasteiger partial charge in [-0.25, -0.2) is 0 Å². The van der Waals surface area contributed by atoms with Gasteiger partial charge in [0.05, 0.1) is 6.04 Å². The number of nitrogens with two attached hydrogens (primary N) is 1. The fourth-order valence-corrected chi connectivity index (χ4v) is 3.74. The lowest BCUT2D eigenvalue weighted by atomic mass is 10.1. The predicted molar refractivity (Wildman–Crippen MR) is 81.9 cm³/mol. The molecule has 0 saturated heterocycles. The maximum atomic E-state index is 6.25. The lowest BCUT2D eigenvalue weighted by Crippen LogP contribution is -2.10. The van der Waals surface area contributed by atoms with E-state index < -0.39 is 0 Å². The van der Waals surface area contributed by atoms with Gasteiger partial charge < -0.3 is 5.73 Å². The average molecular weight is 396 g/mol. The molecule has 0 radical (unpaired) electrons. The molecule has 0 fully saturated rings. The summed E-state index contributed by atoms with van der Waals surface area (Å²) in [6.45, 7) is 2.06. The van der Waals surface area contributed by atoms with Crippen molar-refractivity contribution in [1.82, 2.24) is 0 Å². The van der Waals surface area contributed by atoms with Crippen molar-refractivity contribution in [2.75, 3.05) is 0 Å². The van der Waals surface area contributed by atoms with Gasteiger partial charge in [0.2, 0.25) is 0 Å². The van der Waals surface area contributed by atoms with Crippen molar-refractivity contribution in [3.8, 4) is 0 Å². The Morgan fingerprint density at radius 3 is 2.59 bits per heavy atom. The van der Waals surface area contributed by atoms with E-state index in [2.05, 4.69) is 44.8 Å². The van der Waals surface area contributed by atoms with Crippen LogP contribution in [-0.4, -0.2) is 0 Å². The number of halogens is 3. The molecule has 1 heterocycles. The second kappa shape index (κ2) is 5.41. The standard InChI is InChI=1S/C12H10Br2ClNS/c1-6-9(14)5-11(17-6)12(16)8-4-7(13)2-3-10(8)15/h2-5,12H,16H2,1H3. The smallest absolute Gasteiger partial charge is 0.0661 e. The number of hydrogen-bond acceptors (Lipinski definition) is 2. The van der Waals surface area contributed by atoms with Crippen molar-refractivity contribution < 1.29 is 0 Å². The van der Waals surface area contributed by atoms with E-state index in [4.69, 9.17) is 17.3 Å². The Kier molecular flexibility index (Phi) is 4.31. The van der Waals surface area contributed by atoms with E-state index >= 15 is 0 Å². The quantitative estimate of drug-likeness (QED) is 0.735. The molecule has 0 spiro atoms. The SMILES string of the molecule is Cc1sc(C(N)c2cc(Br)ccc2Cl)cc1Br. The molecule has 90 valence electrons. The largest absolute Gasteiger partial charge is 0.320 e. The molecule has 1 aromatic carbocycles. The summed E-state index contributed by atoms with van der Waals surface area (Å²) in [6.07, 6.45) is 0. The molecule has 2 rings (SSSR count). The first-order valence-corrected chi connectivity index (χ1v) is 7.73. The van der Waals surface area contributed by atoms with E-state index in [-0.39, 0.29) is 6.04 Å². The van der Waals surface area contributed by atoms with E-state index in [1.165, 1.54) is 4.88 Å². The third kappa shape index (κ3) is 2.93. The first-order chi connectivity index (χ1) is 7.99. The highest BCUT2D eigenvalue weighted by molar-refractivity contribution is 9.10. The third-order valence-electron chi connectivity index (χ3n) is 2.48. The summed E-state index contributed by atoms with van der Waals surface area (Å²) in [6, 6.07) is 7.61. The van der Waals surface area contributed by atoms with Crippen LogP contribution in [-0.2, 0) is 0 Å². The molecule has 1 unspecified atom stereocenters.